The van der Waals surface area contributed by atoms with Crippen LogP contribution in [0.3, 0.4) is 0 Å². The Morgan fingerprint density at radius 3 is 2.59 bits per heavy atom. The largest absolute Gasteiger partial charge is 0.496 e. The molecule has 162 valence electrons. The fraction of sp³-hybridized carbons (Fsp3) is 0.0870. The van der Waals surface area contributed by atoms with Crippen molar-refractivity contribution in [3.63, 3.8) is 0 Å². The first kappa shape index (κ1) is 21.9. The number of aromatic amines is 1. The Morgan fingerprint density at radius 2 is 1.88 bits per heavy atom. The van der Waals surface area contributed by atoms with E-state index in [9.17, 15) is 9.18 Å². The number of rotatable bonds is 7. The van der Waals surface area contributed by atoms with Gasteiger partial charge in [-0.15, -0.1) is 5.10 Å². The van der Waals surface area contributed by atoms with Gasteiger partial charge in [-0.1, -0.05) is 53.7 Å². The third-order valence-electron chi connectivity index (χ3n) is 4.56. The first-order chi connectivity index (χ1) is 15.5. The van der Waals surface area contributed by atoms with Crippen LogP contribution in [0.4, 0.5) is 10.1 Å². The maximum Gasteiger partial charge on any atom is 0.242 e. The lowest BCUT2D eigenvalue weighted by Crippen LogP contribution is -2.19. The molecule has 2 N–H and O–H groups in total. The van der Waals surface area contributed by atoms with Crippen LogP contribution in [0.15, 0.2) is 78.0 Å². The Balaban J connectivity index is 1.60. The molecule has 32 heavy (non-hydrogen) atoms. The third-order valence-corrected chi connectivity index (χ3v) is 5.91. The van der Waals surface area contributed by atoms with E-state index in [0.717, 1.165) is 5.56 Å². The van der Waals surface area contributed by atoms with E-state index in [4.69, 9.17) is 16.3 Å². The summed E-state index contributed by atoms with van der Waals surface area (Å²) in [5.74, 6) is 0.412. The molecule has 0 aliphatic heterocycles. The van der Waals surface area contributed by atoms with Crippen LogP contribution in [0.5, 0.6) is 5.75 Å². The van der Waals surface area contributed by atoms with Gasteiger partial charge in [0.15, 0.2) is 5.82 Å². The highest BCUT2D eigenvalue weighted by Gasteiger charge is 2.25. The van der Waals surface area contributed by atoms with E-state index in [0.29, 0.717) is 33.0 Å². The molecule has 4 aromatic rings. The fourth-order valence-electron chi connectivity index (χ4n) is 3.03. The maximum absolute atomic E-state index is 13.2. The minimum absolute atomic E-state index is 0.278. The second-order valence-electron chi connectivity index (χ2n) is 6.72. The zero-order valence-corrected chi connectivity index (χ0v) is 18.5. The molecule has 0 saturated heterocycles. The second kappa shape index (κ2) is 9.84. The summed E-state index contributed by atoms with van der Waals surface area (Å²) in [6.07, 6.45) is 0. The SMILES string of the molecule is COc1ccc(Cl)cc1-c1nc(SC(C(=O)Nc2ccc(F)cc2)c2ccccc2)n[nH]1. The Labute approximate surface area is 193 Å². The van der Waals surface area contributed by atoms with Crippen LogP contribution in [0.2, 0.25) is 5.02 Å². The summed E-state index contributed by atoms with van der Waals surface area (Å²) in [6, 6.07) is 20.1. The minimum atomic E-state index is -0.633. The molecule has 1 atom stereocenters. The van der Waals surface area contributed by atoms with Gasteiger partial charge in [-0.3, -0.25) is 9.89 Å². The lowest BCUT2D eigenvalue weighted by molar-refractivity contribution is -0.115. The molecule has 1 heterocycles. The maximum atomic E-state index is 13.2. The molecule has 0 spiro atoms. The molecule has 1 aromatic heterocycles. The normalized spacial score (nSPS) is 11.7. The molecule has 3 aromatic carbocycles. The minimum Gasteiger partial charge on any atom is -0.496 e. The summed E-state index contributed by atoms with van der Waals surface area (Å²) in [5, 5.41) is 10.2. The number of hydrogen-bond donors (Lipinski definition) is 2. The van der Waals surface area contributed by atoms with Crippen molar-refractivity contribution in [3.8, 4) is 17.1 Å². The van der Waals surface area contributed by atoms with E-state index < -0.39 is 5.25 Å². The predicted octanol–water partition coefficient (Wildman–Crippen LogP) is 5.74. The van der Waals surface area contributed by atoms with Gasteiger partial charge in [0.25, 0.3) is 0 Å². The smallest absolute Gasteiger partial charge is 0.242 e. The van der Waals surface area contributed by atoms with Crippen LogP contribution in [0, 0.1) is 5.82 Å². The van der Waals surface area contributed by atoms with Gasteiger partial charge in [0.1, 0.15) is 16.8 Å². The van der Waals surface area contributed by atoms with Crippen molar-refractivity contribution >= 4 is 35.0 Å². The molecule has 1 amide bonds. The van der Waals surface area contributed by atoms with Crippen molar-refractivity contribution in [1.82, 2.24) is 15.2 Å². The molecule has 0 aliphatic rings. The van der Waals surface area contributed by atoms with Gasteiger partial charge >= 0.3 is 0 Å². The van der Waals surface area contributed by atoms with Crippen LogP contribution < -0.4 is 10.1 Å². The standard InChI is InChI=1S/C23H18ClFN4O2S/c1-31-19-12-7-15(24)13-18(19)21-27-23(29-28-21)32-20(14-5-3-2-4-6-14)22(30)26-17-10-8-16(25)9-11-17/h2-13,20H,1H3,(H,26,30)(H,27,28,29). The molecule has 4 rings (SSSR count). The molecule has 0 fully saturated rings. The average molecular weight is 469 g/mol. The number of nitrogens with zero attached hydrogens (tertiary/aromatic N) is 2. The van der Waals surface area contributed by atoms with Crippen LogP contribution in [0.25, 0.3) is 11.4 Å². The Bertz CT molecular complexity index is 1220. The van der Waals surface area contributed by atoms with Gasteiger partial charge in [-0.25, -0.2) is 9.37 Å². The Kier molecular flexibility index (Phi) is 6.72. The Hall–Kier alpha value is -3.36. The van der Waals surface area contributed by atoms with Gasteiger partial charge in [0, 0.05) is 10.7 Å². The van der Waals surface area contributed by atoms with Crippen LogP contribution >= 0.6 is 23.4 Å². The number of hydrogen-bond acceptors (Lipinski definition) is 5. The number of amides is 1. The van der Waals surface area contributed by atoms with E-state index in [1.54, 1.807) is 25.3 Å². The number of carbonyl (C=O) groups is 1. The molecule has 1 unspecified atom stereocenters. The zero-order chi connectivity index (χ0) is 22.5. The summed E-state index contributed by atoms with van der Waals surface area (Å²) < 4.78 is 18.6. The van der Waals surface area contributed by atoms with Gasteiger partial charge < -0.3 is 10.1 Å². The summed E-state index contributed by atoms with van der Waals surface area (Å²) in [6.45, 7) is 0. The first-order valence-electron chi connectivity index (χ1n) is 9.58. The molecule has 0 bridgehead atoms. The van der Waals surface area contributed by atoms with Gasteiger partial charge in [-0.05, 0) is 48.0 Å². The van der Waals surface area contributed by atoms with Crippen molar-refractivity contribution in [3.05, 3.63) is 89.2 Å². The number of benzene rings is 3. The first-order valence-corrected chi connectivity index (χ1v) is 10.8. The van der Waals surface area contributed by atoms with E-state index in [2.05, 4.69) is 20.5 Å². The number of H-pyrrole nitrogens is 1. The summed E-state index contributed by atoms with van der Waals surface area (Å²) in [7, 11) is 1.56. The topological polar surface area (TPSA) is 79.9 Å². The van der Waals surface area contributed by atoms with Crippen LogP contribution in [-0.4, -0.2) is 28.2 Å². The number of methoxy groups -OCH3 is 1. The summed E-state index contributed by atoms with van der Waals surface area (Å²) in [5.41, 5.74) is 1.94. The highest BCUT2D eigenvalue weighted by atomic mass is 35.5. The molecular weight excluding hydrogens is 451 g/mol. The monoisotopic (exact) mass is 468 g/mol. The molecule has 9 heteroatoms. The summed E-state index contributed by atoms with van der Waals surface area (Å²) >= 11 is 7.32. The number of anilines is 1. The number of nitrogens with one attached hydrogen (secondary N) is 2. The lowest BCUT2D eigenvalue weighted by atomic mass is 10.1. The van der Waals surface area contributed by atoms with E-state index >= 15 is 0 Å². The van der Waals surface area contributed by atoms with Crippen LogP contribution in [-0.2, 0) is 4.79 Å². The van der Waals surface area contributed by atoms with Crippen molar-refractivity contribution in [1.29, 1.82) is 0 Å². The highest BCUT2D eigenvalue weighted by Crippen LogP contribution is 2.36. The predicted molar refractivity (Wildman–Crippen MR) is 123 cm³/mol. The number of thioether (sulfide) groups is 1. The van der Waals surface area contributed by atoms with E-state index in [1.807, 2.05) is 30.3 Å². The third kappa shape index (κ3) is 5.09. The van der Waals surface area contributed by atoms with Gasteiger partial charge in [0.05, 0.1) is 12.7 Å². The molecular formula is C23H18ClFN4O2S. The fourth-order valence-corrected chi connectivity index (χ4v) is 4.12. The molecule has 0 aliphatic carbocycles. The lowest BCUT2D eigenvalue weighted by Gasteiger charge is -2.15. The second-order valence-corrected chi connectivity index (χ2v) is 8.22. The zero-order valence-electron chi connectivity index (χ0n) is 16.9. The van der Waals surface area contributed by atoms with Crippen molar-refractivity contribution in [2.75, 3.05) is 12.4 Å². The number of aromatic nitrogens is 3. The van der Waals surface area contributed by atoms with Crippen molar-refractivity contribution in [2.45, 2.75) is 10.4 Å². The van der Waals surface area contributed by atoms with Gasteiger partial charge in [-0.2, -0.15) is 0 Å². The summed E-state index contributed by atoms with van der Waals surface area (Å²) in [4.78, 5) is 17.6. The number of ether oxygens (including phenoxy) is 1. The highest BCUT2D eigenvalue weighted by molar-refractivity contribution is 8.00. The molecule has 0 radical (unpaired) electrons. The van der Waals surface area contributed by atoms with Crippen molar-refractivity contribution in [2.24, 2.45) is 0 Å². The van der Waals surface area contributed by atoms with E-state index in [-0.39, 0.29) is 11.7 Å². The van der Waals surface area contributed by atoms with E-state index in [1.165, 1.54) is 36.0 Å². The molecule has 6 nitrogen and oxygen atoms in total. The number of halogens is 2. The van der Waals surface area contributed by atoms with Crippen LogP contribution in [0.1, 0.15) is 10.8 Å². The van der Waals surface area contributed by atoms with Gasteiger partial charge in [0.2, 0.25) is 11.1 Å². The average Bonchev–Trinajstić information content (AvgIpc) is 3.28. The molecule has 0 saturated carbocycles. The van der Waals surface area contributed by atoms with Crippen molar-refractivity contribution < 1.29 is 13.9 Å². The number of carbonyl (C=O) groups excluding carboxylic acids is 1. The Morgan fingerprint density at radius 1 is 1.12 bits per heavy atom. The quantitative estimate of drug-likeness (QED) is 0.338.